The van der Waals surface area contributed by atoms with E-state index in [9.17, 15) is 14.4 Å². The van der Waals surface area contributed by atoms with Crippen LogP contribution in [0.1, 0.15) is 32.1 Å². The Balaban J connectivity index is 1.29. The Morgan fingerprint density at radius 2 is 1.89 bits per heavy atom. The van der Waals surface area contributed by atoms with Crippen molar-refractivity contribution in [3.05, 3.63) is 30.3 Å². The van der Waals surface area contributed by atoms with E-state index in [0.29, 0.717) is 38.4 Å². The minimum absolute atomic E-state index is 0.00597. The minimum atomic E-state index is -0.267. The number of nitrogens with zero attached hydrogens (tertiary/aromatic N) is 1. The summed E-state index contributed by atoms with van der Waals surface area (Å²) in [5.74, 6) is 0.0958. The number of nitrogens with one attached hydrogen (secondary N) is 4. The van der Waals surface area contributed by atoms with Gasteiger partial charge in [-0.15, -0.1) is 0 Å². The number of anilines is 1. The SMILES string of the molecule is O=C(CCC1CNC(=O)C2CC(NC(=O)Nc3ccccc3)CN12)NC1CC1. The number of para-hydroxylation sites is 1. The zero-order valence-corrected chi connectivity index (χ0v) is 15.8. The Hall–Kier alpha value is -2.61. The number of carbonyl (C=O) groups excluding carboxylic acids is 3. The molecule has 4 N–H and O–H groups in total. The summed E-state index contributed by atoms with van der Waals surface area (Å²) in [7, 11) is 0. The molecular formula is C20H27N5O3. The van der Waals surface area contributed by atoms with Gasteiger partial charge < -0.3 is 21.3 Å². The Kier molecular flexibility index (Phi) is 5.47. The standard InChI is InChI=1S/C20H27N5O3/c26-18(22-14-6-7-14)9-8-16-11-21-19(27)17-10-15(12-25(16)17)24-20(28)23-13-4-2-1-3-5-13/h1-5,14-17H,6-12H2,(H,21,27)(H,22,26)(H2,23,24,28). The maximum Gasteiger partial charge on any atom is 0.319 e. The normalized spacial score (nSPS) is 26.9. The fourth-order valence-corrected chi connectivity index (χ4v) is 4.05. The van der Waals surface area contributed by atoms with Crippen LogP contribution >= 0.6 is 0 Å². The van der Waals surface area contributed by atoms with Crippen LogP contribution in [0.3, 0.4) is 0 Å². The lowest BCUT2D eigenvalue weighted by Gasteiger charge is -2.37. The number of fused-ring (bicyclic) bond motifs is 1. The molecule has 4 rings (SSSR count). The second-order valence-corrected chi connectivity index (χ2v) is 7.89. The molecule has 8 heteroatoms. The highest BCUT2D eigenvalue weighted by Crippen LogP contribution is 2.26. The Labute approximate surface area is 164 Å². The quantitative estimate of drug-likeness (QED) is 0.582. The molecule has 4 amide bonds. The zero-order valence-electron chi connectivity index (χ0n) is 15.8. The second-order valence-electron chi connectivity index (χ2n) is 7.89. The van der Waals surface area contributed by atoms with Crippen LogP contribution in [0.2, 0.25) is 0 Å². The number of hydrogen-bond acceptors (Lipinski definition) is 4. The fourth-order valence-electron chi connectivity index (χ4n) is 4.05. The highest BCUT2D eigenvalue weighted by atomic mass is 16.2. The van der Waals surface area contributed by atoms with Gasteiger partial charge in [-0.1, -0.05) is 18.2 Å². The van der Waals surface area contributed by atoms with Crippen LogP contribution in [0.25, 0.3) is 0 Å². The summed E-state index contributed by atoms with van der Waals surface area (Å²) >= 11 is 0. The predicted molar refractivity (Wildman–Crippen MR) is 105 cm³/mol. The van der Waals surface area contributed by atoms with Gasteiger partial charge in [0, 0.05) is 43.3 Å². The molecule has 0 radical (unpaired) electrons. The van der Waals surface area contributed by atoms with Gasteiger partial charge in [0.25, 0.3) is 0 Å². The molecule has 3 aliphatic rings. The number of urea groups is 1. The summed E-state index contributed by atoms with van der Waals surface area (Å²) in [5.41, 5.74) is 0.730. The molecule has 2 aliphatic heterocycles. The van der Waals surface area contributed by atoms with E-state index in [2.05, 4.69) is 26.2 Å². The van der Waals surface area contributed by atoms with Crippen molar-refractivity contribution in [1.29, 1.82) is 0 Å². The largest absolute Gasteiger partial charge is 0.353 e. The van der Waals surface area contributed by atoms with Crippen molar-refractivity contribution in [3.63, 3.8) is 0 Å². The summed E-state index contributed by atoms with van der Waals surface area (Å²) in [6, 6.07) is 9.15. The van der Waals surface area contributed by atoms with Crippen LogP contribution in [0.5, 0.6) is 0 Å². The number of carbonyl (C=O) groups is 3. The molecule has 0 aromatic heterocycles. The first-order valence-corrected chi connectivity index (χ1v) is 10.0. The van der Waals surface area contributed by atoms with Crippen molar-refractivity contribution in [2.75, 3.05) is 18.4 Å². The van der Waals surface area contributed by atoms with Gasteiger partial charge in [0.1, 0.15) is 0 Å². The highest BCUT2D eigenvalue weighted by Gasteiger charge is 2.43. The first-order valence-electron chi connectivity index (χ1n) is 10.0. The van der Waals surface area contributed by atoms with E-state index in [1.54, 1.807) is 0 Å². The third-order valence-electron chi connectivity index (χ3n) is 5.64. The fraction of sp³-hybridized carbons (Fsp3) is 0.550. The van der Waals surface area contributed by atoms with E-state index < -0.39 is 0 Å². The van der Waals surface area contributed by atoms with E-state index >= 15 is 0 Å². The maximum atomic E-state index is 12.3. The Morgan fingerprint density at radius 3 is 2.64 bits per heavy atom. The smallest absolute Gasteiger partial charge is 0.319 e. The number of benzene rings is 1. The Morgan fingerprint density at radius 1 is 1.11 bits per heavy atom. The van der Waals surface area contributed by atoms with E-state index in [4.69, 9.17) is 0 Å². The van der Waals surface area contributed by atoms with Crippen LogP contribution < -0.4 is 21.3 Å². The third kappa shape index (κ3) is 4.62. The molecule has 1 aliphatic carbocycles. The van der Waals surface area contributed by atoms with Gasteiger partial charge in [-0.05, 0) is 37.8 Å². The molecule has 1 aromatic rings. The van der Waals surface area contributed by atoms with E-state index in [-0.39, 0.29) is 36.0 Å². The predicted octanol–water partition coefficient (Wildman–Crippen LogP) is 0.808. The van der Waals surface area contributed by atoms with Gasteiger partial charge in [0.2, 0.25) is 11.8 Å². The molecule has 2 saturated heterocycles. The lowest BCUT2D eigenvalue weighted by atomic mass is 10.0. The molecule has 3 fully saturated rings. The summed E-state index contributed by atoms with van der Waals surface area (Å²) in [4.78, 5) is 38.7. The first kappa shape index (κ1) is 18.7. The van der Waals surface area contributed by atoms with Crippen LogP contribution in [0.4, 0.5) is 10.5 Å². The van der Waals surface area contributed by atoms with Crippen LogP contribution in [-0.4, -0.2) is 60.0 Å². The lowest BCUT2D eigenvalue weighted by molar-refractivity contribution is -0.129. The molecule has 1 aromatic carbocycles. The molecule has 0 spiro atoms. The minimum Gasteiger partial charge on any atom is -0.353 e. The van der Waals surface area contributed by atoms with E-state index in [1.165, 1.54) is 0 Å². The highest BCUT2D eigenvalue weighted by molar-refractivity contribution is 5.89. The Bertz CT molecular complexity index is 737. The average Bonchev–Trinajstić information content (AvgIpc) is 3.38. The van der Waals surface area contributed by atoms with Gasteiger partial charge in [-0.2, -0.15) is 0 Å². The molecule has 1 saturated carbocycles. The van der Waals surface area contributed by atoms with Crippen molar-refractivity contribution in [2.24, 2.45) is 0 Å². The monoisotopic (exact) mass is 385 g/mol. The van der Waals surface area contributed by atoms with Crippen molar-refractivity contribution in [2.45, 2.75) is 56.3 Å². The number of piperazine rings is 1. The summed E-state index contributed by atoms with van der Waals surface area (Å²) < 4.78 is 0. The van der Waals surface area contributed by atoms with Gasteiger partial charge in [0.15, 0.2) is 0 Å². The van der Waals surface area contributed by atoms with E-state index in [0.717, 1.165) is 18.5 Å². The van der Waals surface area contributed by atoms with Crippen molar-refractivity contribution < 1.29 is 14.4 Å². The zero-order chi connectivity index (χ0) is 19.5. The topological polar surface area (TPSA) is 103 Å². The van der Waals surface area contributed by atoms with Crippen LogP contribution in [-0.2, 0) is 9.59 Å². The second kappa shape index (κ2) is 8.18. The summed E-state index contributed by atoms with van der Waals surface area (Å²) in [6.07, 6.45) is 3.92. The number of amides is 4. The van der Waals surface area contributed by atoms with Crippen molar-refractivity contribution in [1.82, 2.24) is 20.9 Å². The number of hydrogen-bond donors (Lipinski definition) is 4. The maximum absolute atomic E-state index is 12.3. The first-order chi connectivity index (χ1) is 13.6. The molecule has 2 heterocycles. The lowest BCUT2D eigenvalue weighted by Crippen LogP contribution is -2.58. The van der Waals surface area contributed by atoms with Crippen molar-refractivity contribution >= 4 is 23.5 Å². The summed E-state index contributed by atoms with van der Waals surface area (Å²) in [5, 5.41) is 11.8. The average molecular weight is 385 g/mol. The molecular weight excluding hydrogens is 358 g/mol. The molecule has 28 heavy (non-hydrogen) atoms. The van der Waals surface area contributed by atoms with Gasteiger partial charge in [-0.3, -0.25) is 14.5 Å². The van der Waals surface area contributed by atoms with Gasteiger partial charge in [0.05, 0.1) is 6.04 Å². The van der Waals surface area contributed by atoms with Crippen LogP contribution in [0.15, 0.2) is 30.3 Å². The number of rotatable bonds is 6. The third-order valence-corrected chi connectivity index (χ3v) is 5.64. The van der Waals surface area contributed by atoms with E-state index in [1.807, 2.05) is 30.3 Å². The molecule has 0 bridgehead atoms. The van der Waals surface area contributed by atoms with Gasteiger partial charge >= 0.3 is 6.03 Å². The van der Waals surface area contributed by atoms with Crippen LogP contribution in [0, 0.1) is 0 Å². The molecule has 3 atom stereocenters. The molecule has 3 unspecified atom stereocenters. The summed E-state index contributed by atoms with van der Waals surface area (Å²) in [6.45, 7) is 1.17. The molecule has 8 nitrogen and oxygen atoms in total. The molecule has 150 valence electrons. The van der Waals surface area contributed by atoms with Crippen molar-refractivity contribution in [3.8, 4) is 0 Å². The van der Waals surface area contributed by atoms with Gasteiger partial charge in [-0.25, -0.2) is 4.79 Å².